The summed E-state index contributed by atoms with van der Waals surface area (Å²) in [5.41, 5.74) is 0. The topological polar surface area (TPSA) is 69.6 Å². The number of hydrogen-bond donors (Lipinski definition) is 2. The monoisotopic (exact) mass is 296 g/mol. The number of carbonyl (C=O) groups is 2. The van der Waals surface area contributed by atoms with Gasteiger partial charge in [0, 0.05) is 26.1 Å². The van der Waals surface area contributed by atoms with Gasteiger partial charge in [-0.15, -0.1) is 0 Å². The summed E-state index contributed by atoms with van der Waals surface area (Å²) in [4.78, 5) is 25.6. The lowest BCUT2D eigenvalue weighted by Crippen LogP contribution is -2.43. The van der Waals surface area contributed by atoms with Crippen LogP contribution < -0.4 is 5.32 Å². The van der Waals surface area contributed by atoms with E-state index in [1.807, 2.05) is 0 Å². The molecule has 2 N–H and O–H groups in total. The molecule has 21 heavy (non-hydrogen) atoms. The number of likely N-dealkylation sites (tertiary alicyclic amines) is 1. The Balaban J connectivity index is 1.74. The van der Waals surface area contributed by atoms with E-state index in [-0.39, 0.29) is 25.0 Å². The fourth-order valence-corrected chi connectivity index (χ4v) is 3.47. The van der Waals surface area contributed by atoms with Gasteiger partial charge in [0.15, 0.2) is 0 Å². The third-order valence-corrected chi connectivity index (χ3v) is 4.87. The highest BCUT2D eigenvalue weighted by Gasteiger charge is 2.25. The van der Waals surface area contributed by atoms with Crippen LogP contribution in [0.25, 0.3) is 0 Å². The van der Waals surface area contributed by atoms with Gasteiger partial charge in [0.25, 0.3) is 0 Å². The number of amides is 2. The van der Waals surface area contributed by atoms with Crippen LogP contribution in [-0.4, -0.2) is 48.1 Å². The van der Waals surface area contributed by atoms with E-state index < -0.39 is 0 Å². The molecule has 1 saturated carbocycles. The van der Waals surface area contributed by atoms with Crippen LogP contribution in [0.2, 0.25) is 0 Å². The number of nitrogens with zero attached hydrogens (tertiary/aromatic N) is 1. The highest BCUT2D eigenvalue weighted by atomic mass is 16.3. The smallest absolute Gasteiger partial charge is 0.239 e. The number of aliphatic hydroxyl groups is 1. The van der Waals surface area contributed by atoms with Gasteiger partial charge >= 0.3 is 0 Å². The molecule has 0 aromatic rings. The Morgan fingerprint density at radius 2 is 1.90 bits per heavy atom. The zero-order valence-corrected chi connectivity index (χ0v) is 12.9. The standard InChI is InChI=1S/C16H28N2O3/c19-12-14-7-4-3-6-13(14)10-17-15(20)11-18-9-5-1-2-8-16(18)21/h13-14,19H,1-12H2,(H,17,20). The molecule has 1 saturated heterocycles. The van der Waals surface area contributed by atoms with Crippen molar-refractivity contribution in [1.82, 2.24) is 10.2 Å². The molecule has 0 bridgehead atoms. The first-order chi connectivity index (χ1) is 10.2. The molecule has 2 aliphatic rings. The Morgan fingerprint density at radius 1 is 1.14 bits per heavy atom. The zero-order valence-electron chi connectivity index (χ0n) is 12.9. The van der Waals surface area contributed by atoms with Gasteiger partial charge in [-0.2, -0.15) is 0 Å². The fourth-order valence-electron chi connectivity index (χ4n) is 3.47. The van der Waals surface area contributed by atoms with Crippen LogP contribution in [0.3, 0.4) is 0 Å². The van der Waals surface area contributed by atoms with Crippen molar-refractivity contribution in [2.75, 3.05) is 26.2 Å². The van der Waals surface area contributed by atoms with Gasteiger partial charge in [0.1, 0.15) is 0 Å². The average molecular weight is 296 g/mol. The lowest BCUT2D eigenvalue weighted by atomic mass is 9.79. The Kier molecular flexibility index (Phi) is 6.49. The van der Waals surface area contributed by atoms with Crippen LogP contribution in [0.5, 0.6) is 0 Å². The van der Waals surface area contributed by atoms with Gasteiger partial charge in [-0.05, 0) is 37.5 Å². The maximum atomic E-state index is 12.0. The van der Waals surface area contributed by atoms with Gasteiger partial charge in [-0.1, -0.05) is 19.3 Å². The minimum absolute atomic E-state index is 0.0625. The van der Waals surface area contributed by atoms with Crippen LogP contribution in [-0.2, 0) is 9.59 Å². The molecule has 120 valence electrons. The molecule has 2 amide bonds. The van der Waals surface area contributed by atoms with Crippen molar-refractivity contribution >= 4 is 11.8 Å². The number of nitrogens with one attached hydrogen (secondary N) is 1. The molecule has 0 spiro atoms. The van der Waals surface area contributed by atoms with Gasteiger partial charge < -0.3 is 15.3 Å². The van der Waals surface area contributed by atoms with Gasteiger partial charge in [-0.3, -0.25) is 9.59 Å². The van der Waals surface area contributed by atoms with Crippen LogP contribution in [0.1, 0.15) is 51.4 Å². The Hall–Kier alpha value is -1.10. The molecule has 1 aliphatic heterocycles. The summed E-state index contributed by atoms with van der Waals surface area (Å²) < 4.78 is 0. The molecule has 2 fully saturated rings. The molecule has 1 heterocycles. The van der Waals surface area contributed by atoms with Crippen molar-refractivity contribution in [2.45, 2.75) is 51.4 Å². The van der Waals surface area contributed by atoms with Crippen molar-refractivity contribution < 1.29 is 14.7 Å². The van der Waals surface area contributed by atoms with Crippen molar-refractivity contribution in [3.63, 3.8) is 0 Å². The largest absolute Gasteiger partial charge is 0.396 e. The minimum Gasteiger partial charge on any atom is -0.396 e. The summed E-state index contributed by atoms with van der Waals surface area (Å²) in [6.45, 7) is 1.74. The molecular weight excluding hydrogens is 268 g/mol. The van der Waals surface area contributed by atoms with Gasteiger partial charge in [0.05, 0.1) is 6.54 Å². The van der Waals surface area contributed by atoms with E-state index in [0.29, 0.717) is 31.3 Å². The maximum absolute atomic E-state index is 12.0. The molecule has 1 aliphatic carbocycles. The predicted molar refractivity (Wildman–Crippen MR) is 80.6 cm³/mol. The highest BCUT2D eigenvalue weighted by molar-refractivity contribution is 5.84. The Morgan fingerprint density at radius 3 is 2.67 bits per heavy atom. The molecule has 0 radical (unpaired) electrons. The first-order valence-electron chi connectivity index (χ1n) is 8.36. The van der Waals surface area contributed by atoms with Gasteiger partial charge in [0.2, 0.25) is 11.8 Å². The van der Waals surface area contributed by atoms with Crippen LogP contribution >= 0.6 is 0 Å². The van der Waals surface area contributed by atoms with E-state index in [2.05, 4.69) is 5.32 Å². The summed E-state index contributed by atoms with van der Waals surface area (Å²) >= 11 is 0. The SMILES string of the molecule is O=C(CN1CCCCCC1=O)NCC1CCCCC1CO. The van der Waals surface area contributed by atoms with E-state index >= 15 is 0 Å². The van der Waals surface area contributed by atoms with Crippen LogP contribution in [0.15, 0.2) is 0 Å². The minimum atomic E-state index is -0.0625. The maximum Gasteiger partial charge on any atom is 0.239 e. The van der Waals surface area contributed by atoms with E-state index in [0.717, 1.165) is 32.1 Å². The molecule has 2 atom stereocenters. The second-order valence-corrected chi connectivity index (χ2v) is 6.42. The first-order valence-corrected chi connectivity index (χ1v) is 8.36. The number of carbonyl (C=O) groups excluding carboxylic acids is 2. The highest BCUT2D eigenvalue weighted by Crippen LogP contribution is 2.29. The lowest BCUT2D eigenvalue weighted by molar-refractivity contribution is -0.135. The summed E-state index contributed by atoms with van der Waals surface area (Å²) in [6.07, 6.45) is 8.08. The second-order valence-electron chi connectivity index (χ2n) is 6.42. The first kappa shape index (κ1) is 16.3. The molecular formula is C16H28N2O3. The molecule has 2 unspecified atom stereocenters. The molecule has 5 nitrogen and oxygen atoms in total. The molecule has 5 heteroatoms. The quantitative estimate of drug-likeness (QED) is 0.803. The summed E-state index contributed by atoms with van der Waals surface area (Å²) in [7, 11) is 0. The lowest BCUT2D eigenvalue weighted by Gasteiger charge is -2.30. The third-order valence-electron chi connectivity index (χ3n) is 4.87. The van der Waals surface area contributed by atoms with Crippen molar-refractivity contribution in [2.24, 2.45) is 11.8 Å². The average Bonchev–Trinajstić information content (AvgIpc) is 2.70. The summed E-state index contributed by atoms with van der Waals surface area (Å²) in [5.74, 6) is 0.743. The van der Waals surface area contributed by atoms with Crippen molar-refractivity contribution in [3.8, 4) is 0 Å². The molecule has 0 aromatic heterocycles. The van der Waals surface area contributed by atoms with Crippen LogP contribution in [0, 0.1) is 11.8 Å². The number of rotatable bonds is 5. The third kappa shape index (κ3) is 4.99. The van der Waals surface area contributed by atoms with E-state index in [4.69, 9.17) is 0 Å². The van der Waals surface area contributed by atoms with E-state index in [1.165, 1.54) is 12.8 Å². The van der Waals surface area contributed by atoms with E-state index in [9.17, 15) is 14.7 Å². The van der Waals surface area contributed by atoms with Crippen molar-refractivity contribution in [1.29, 1.82) is 0 Å². The molecule has 2 rings (SSSR count). The molecule has 0 aromatic carbocycles. The summed E-state index contributed by atoms with van der Waals surface area (Å²) in [6, 6.07) is 0. The van der Waals surface area contributed by atoms with Crippen LogP contribution in [0.4, 0.5) is 0 Å². The van der Waals surface area contributed by atoms with Gasteiger partial charge in [-0.25, -0.2) is 0 Å². The Labute approximate surface area is 127 Å². The zero-order chi connectivity index (χ0) is 15.1. The van der Waals surface area contributed by atoms with Crippen molar-refractivity contribution in [3.05, 3.63) is 0 Å². The predicted octanol–water partition coefficient (Wildman–Crippen LogP) is 1.30. The Bertz CT molecular complexity index is 359. The second kappa shape index (κ2) is 8.37. The number of hydrogen-bond acceptors (Lipinski definition) is 3. The normalized spacial score (nSPS) is 27.3. The summed E-state index contributed by atoms with van der Waals surface area (Å²) in [5, 5.41) is 12.3. The van der Waals surface area contributed by atoms with E-state index in [1.54, 1.807) is 4.90 Å². The fraction of sp³-hybridized carbons (Fsp3) is 0.875. The number of aliphatic hydroxyl groups excluding tert-OH is 1.